The van der Waals surface area contributed by atoms with Crippen molar-refractivity contribution >= 4 is 12.1 Å². The number of hydrogen-bond donors (Lipinski definition) is 0. The van der Waals surface area contributed by atoms with E-state index in [0.29, 0.717) is 18.4 Å². The predicted molar refractivity (Wildman–Crippen MR) is 57.5 cm³/mol. The quantitative estimate of drug-likeness (QED) is 0.747. The maximum absolute atomic E-state index is 5.61. The molecule has 0 saturated carbocycles. The molecule has 0 saturated heterocycles. The smallest absolute Gasteiger partial charge is 0.245 e. The van der Waals surface area contributed by atoms with Crippen LogP contribution < -0.4 is 0 Å². The summed E-state index contributed by atoms with van der Waals surface area (Å²) in [5.74, 6) is 1.19. The SMILES string of the molecule is CCOC1C/C=C\C=N\c2oc(C)nc21. The summed E-state index contributed by atoms with van der Waals surface area (Å²) in [6.07, 6.45) is 6.39. The molecular formula is C11H14N2O2. The van der Waals surface area contributed by atoms with Gasteiger partial charge in [-0.2, -0.15) is 0 Å². The summed E-state index contributed by atoms with van der Waals surface area (Å²) in [4.78, 5) is 8.49. The largest absolute Gasteiger partial charge is 0.423 e. The van der Waals surface area contributed by atoms with Gasteiger partial charge in [0.25, 0.3) is 0 Å². The van der Waals surface area contributed by atoms with E-state index in [1.165, 1.54) is 0 Å². The lowest BCUT2D eigenvalue weighted by molar-refractivity contribution is 0.0621. The van der Waals surface area contributed by atoms with E-state index in [9.17, 15) is 0 Å². The van der Waals surface area contributed by atoms with Gasteiger partial charge in [-0.1, -0.05) is 6.08 Å². The molecule has 0 aromatic carbocycles. The fraction of sp³-hybridized carbons (Fsp3) is 0.455. The van der Waals surface area contributed by atoms with E-state index in [1.807, 2.05) is 26.0 Å². The Morgan fingerprint density at radius 3 is 3.27 bits per heavy atom. The second-order valence-corrected chi connectivity index (χ2v) is 3.31. The Balaban J connectivity index is 2.37. The zero-order valence-corrected chi connectivity index (χ0v) is 8.93. The fourth-order valence-corrected chi connectivity index (χ4v) is 1.57. The number of allylic oxidation sites excluding steroid dienone is 1. The van der Waals surface area contributed by atoms with Crippen LogP contribution in [0, 0.1) is 6.92 Å². The Morgan fingerprint density at radius 2 is 2.47 bits per heavy atom. The van der Waals surface area contributed by atoms with Crippen LogP contribution in [0.3, 0.4) is 0 Å². The Kier molecular flexibility index (Phi) is 2.97. The van der Waals surface area contributed by atoms with E-state index < -0.39 is 0 Å². The van der Waals surface area contributed by atoms with Crippen LogP contribution in [0.15, 0.2) is 21.6 Å². The van der Waals surface area contributed by atoms with Gasteiger partial charge in [-0.25, -0.2) is 9.98 Å². The van der Waals surface area contributed by atoms with E-state index in [0.717, 1.165) is 12.1 Å². The molecule has 0 spiro atoms. The monoisotopic (exact) mass is 206 g/mol. The zero-order chi connectivity index (χ0) is 10.7. The Morgan fingerprint density at radius 1 is 1.60 bits per heavy atom. The van der Waals surface area contributed by atoms with E-state index in [-0.39, 0.29) is 6.10 Å². The molecule has 15 heavy (non-hydrogen) atoms. The van der Waals surface area contributed by atoms with Gasteiger partial charge in [-0.05, 0) is 19.4 Å². The van der Waals surface area contributed by atoms with E-state index in [2.05, 4.69) is 9.98 Å². The summed E-state index contributed by atoms with van der Waals surface area (Å²) >= 11 is 0. The molecule has 0 amide bonds. The highest BCUT2D eigenvalue weighted by molar-refractivity contribution is 5.74. The topological polar surface area (TPSA) is 47.6 Å². The first-order valence-electron chi connectivity index (χ1n) is 5.09. The van der Waals surface area contributed by atoms with Crippen LogP contribution in [0.2, 0.25) is 0 Å². The zero-order valence-electron chi connectivity index (χ0n) is 8.93. The summed E-state index contributed by atoms with van der Waals surface area (Å²) in [7, 11) is 0. The highest BCUT2D eigenvalue weighted by Gasteiger charge is 2.21. The van der Waals surface area contributed by atoms with Crippen molar-refractivity contribution in [1.29, 1.82) is 0 Å². The Bertz CT molecular complexity index is 393. The van der Waals surface area contributed by atoms with Crippen LogP contribution in [0.5, 0.6) is 0 Å². The molecule has 0 bridgehead atoms. The first-order chi connectivity index (χ1) is 7.31. The number of nitrogens with zero attached hydrogens (tertiary/aromatic N) is 2. The third kappa shape index (κ3) is 2.15. The molecule has 0 aliphatic carbocycles. The normalized spacial score (nSPS) is 24.0. The van der Waals surface area contributed by atoms with Crippen LogP contribution >= 0.6 is 0 Å². The molecule has 1 aromatic heterocycles. The number of fused-ring (bicyclic) bond motifs is 1. The molecule has 4 heteroatoms. The van der Waals surface area contributed by atoms with Crippen LogP contribution in [0.4, 0.5) is 5.88 Å². The van der Waals surface area contributed by atoms with Gasteiger partial charge in [0.05, 0.1) is 0 Å². The van der Waals surface area contributed by atoms with Gasteiger partial charge in [0.15, 0.2) is 5.89 Å². The van der Waals surface area contributed by atoms with Gasteiger partial charge in [0.2, 0.25) is 5.88 Å². The van der Waals surface area contributed by atoms with Crippen molar-refractivity contribution in [3.8, 4) is 0 Å². The van der Waals surface area contributed by atoms with Gasteiger partial charge < -0.3 is 9.15 Å². The van der Waals surface area contributed by atoms with Gasteiger partial charge >= 0.3 is 0 Å². The fourth-order valence-electron chi connectivity index (χ4n) is 1.57. The van der Waals surface area contributed by atoms with E-state index in [1.54, 1.807) is 6.21 Å². The molecular weight excluding hydrogens is 192 g/mol. The second-order valence-electron chi connectivity index (χ2n) is 3.31. The Labute approximate surface area is 88.7 Å². The average molecular weight is 206 g/mol. The number of hydrogen-bond acceptors (Lipinski definition) is 4. The molecule has 1 aliphatic rings. The number of aryl methyl sites for hydroxylation is 1. The van der Waals surface area contributed by atoms with Gasteiger partial charge in [0, 0.05) is 19.7 Å². The molecule has 80 valence electrons. The average Bonchev–Trinajstić information content (AvgIpc) is 2.54. The van der Waals surface area contributed by atoms with Crippen LogP contribution in [-0.2, 0) is 4.74 Å². The molecule has 2 rings (SSSR count). The van der Waals surface area contributed by atoms with Crippen molar-refractivity contribution in [2.75, 3.05) is 6.61 Å². The summed E-state index contributed by atoms with van der Waals surface area (Å²) in [6.45, 7) is 4.45. The molecule has 1 unspecified atom stereocenters. The molecule has 1 aromatic rings. The van der Waals surface area contributed by atoms with Crippen molar-refractivity contribution in [2.45, 2.75) is 26.4 Å². The van der Waals surface area contributed by atoms with E-state index >= 15 is 0 Å². The summed E-state index contributed by atoms with van der Waals surface area (Å²) in [5.41, 5.74) is 0.801. The number of rotatable bonds is 2. The predicted octanol–water partition coefficient (Wildman–Crippen LogP) is 2.72. The maximum Gasteiger partial charge on any atom is 0.245 e. The minimum Gasteiger partial charge on any atom is -0.423 e. The van der Waals surface area contributed by atoms with E-state index in [4.69, 9.17) is 9.15 Å². The number of aliphatic imine (C=N–C) groups is 1. The lowest BCUT2D eigenvalue weighted by Gasteiger charge is -2.13. The minimum absolute atomic E-state index is 0.0452. The molecule has 4 nitrogen and oxygen atoms in total. The molecule has 0 radical (unpaired) electrons. The molecule has 1 aliphatic heterocycles. The third-order valence-corrected chi connectivity index (χ3v) is 2.18. The van der Waals surface area contributed by atoms with Crippen molar-refractivity contribution in [1.82, 2.24) is 4.98 Å². The van der Waals surface area contributed by atoms with Crippen LogP contribution in [0.1, 0.15) is 31.0 Å². The standard InChI is InChI=1S/C11H14N2O2/c1-3-14-9-6-4-5-7-12-11-10(9)13-8(2)15-11/h4-5,7,9H,3,6H2,1-2H3/b5-4-,12-7+. The van der Waals surface area contributed by atoms with Crippen molar-refractivity contribution in [3.05, 3.63) is 23.7 Å². The lowest BCUT2D eigenvalue weighted by atomic mass is 10.1. The van der Waals surface area contributed by atoms with Gasteiger partial charge in [-0.3, -0.25) is 0 Å². The minimum atomic E-state index is -0.0452. The third-order valence-electron chi connectivity index (χ3n) is 2.18. The number of aromatic nitrogens is 1. The summed E-state index contributed by atoms with van der Waals surface area (Å²) < 4.78 is 11.0. The highest BCUT2D eigenvalue weighted by Crippen LogP contribution is 2.31. The first kappa shape index (κ1) is 10.1. The van der Waals surface area contributed by atoms with Gasteiger partial charge in [0.1, 0.15) is 11.8 Å². The van der Waals surface area contributed by atoms with Gasteiger partial charge in [-0.15, -0.1) is 0 Å². The molecule has 2 heterocycles. The maximum atomic E-state index is 5.61. The second kappa shape index (κ2) is 4.40. The molecule has 1 atom stereocenters. The highest BCUT2D eigenvalue weighted by atomic mass is 16.5. The van der Waals surface area contributed by atoms with Crippen LogP contribution in [0.25, 0.3) is 0 Å². The van der Waals surface area contributed by atoms with Crippen LogP contribution in [-0.4, -0.2) is 17.8 Å². The van der Waals surface area contributed by atoms with Crippen molar-refractivity contribution < 1.29 is 9.15 Å². The van der Waals surface area contributed by atoms with Crippen molar-refractivity contribution in [2.24, 2.45) is 4.99 Å². The first-order valence-corrected chi connectivity index (χ1v) is 5.09. The number of oxazole rings is 1. The van der Waals surface area contributed by atoms with Crippen molar-refractivity contribution in [3.63, 3.8) is 0 Å². The summed E-state index contributed by atoms with van der Waals surface area (Å²) in [6, 6.07) is 0. The number of ether oxygens (including phenoxy) is 1. The molecule has 0 N–H and O–H groups in total. The molecule has 0 fully saturated rings. The Hall–Kier alpha value is -1.42. The summed E-state index contributed by atoms with van der Waals surface area (Å²) in [5, 5.41) is 0. The lowest BCUT2D eigenvalue weighted by Crippen LogP contribution is -2.05.